The highest BCUT2D eigenvalue weighted by molar-refractivity contribution is 4.67. The molecule has 2 bridgehead atoms. The lowest BCUT2D eigenvalue weighted by Gasteiger charge is -2.17. The third-order valence-electron chi connectivity index (χ3n) is 5.67. The van der Waals surface area contributed by atoms with Gasteiger partial charge < -0.3 is 0 Å². The van der Waals surface area contributed by atoms with Gasteiger partial charge in [-0.3, -0.25) is 0 Å². The lowest BCUT2D eigenvalue weighted by atomic mass is 9.89. The summed E-state index contributed by atoms with van der Waals surface area (Å²) in [6.07, 6.45) is 26.0. The van der Waals surface area contributed by atoms with Crippen molar-refractivity contribution >= 4 is 0 Å². The van der Waals surface area contributed by atoms with Gasteiger partial charge >= 0.3 is 0 Å². The van der Waals surface area contributed by atoms with Crippen molar-refractivity contribution in [2.75, 3.05) is 0 Å². The summed E-state index contributed by atoms with van der Waals surface area (Å²) in [6, 6.07) is 0. The minimum absolute atomic E-state index is 1.08. The third kappa shape index (κ3) is 6.82. The maximum Gasteiger partial charge on any atom is -0.0414 e. The standard InChI is InChI=1S/C19H36/c1-2-7-13-19-15-9-4-3-8-14-18(12-6-1)16-10-5-11-17-19/h18-19H,1-17H2. The second-order valence-corrected chi connectivity index (χ2v) is 7.35. The maximum absolute atomic E-state index is 1.55. The van der Waals surface area contributed by atoms with E-state index < -0.39 is 0 Å². The fraction of sp³-hybridized carbons (Fsp3) is 1.00. The van der Waals surface area contributed by atoms with E-state index in [1.165, 1.54) is 70.6 Å². The predicted octanol–water partition coefficient (Wildman–Crippen LogP) is 6.88. The largest absolute Gasteiger partial charge is 0.0533 e. The monoisotopic (exact) mass is 264 g/mol. The Labute approximate surface area is 121 Å². The van der Waals surface area contributed by atoms with Crippen LogP contribution >= 0.6 is 0 Å². The van der Waals surface area contributed by atoms with Crippen molar-refractivity contribution in [2.24, 2.45) is 11.8 Å². The van der Waals surface area contributed by atoms with Gasteiger partial charge in [-0.15, -0.1) is 0 Å². The lowest BCUT2D eigenvalue weighted by Crippen LogP contribution is -2.02. The number of hydrogen-bond donors (Lipinski definition) is 0. The van der Waals surface area contributed by atoms with Crippen molar-refractivity contribution in [3.63, 3.8) is 0 Å². The zero-order valence-electron chi connectivity index (χ0n) is 13.2. The molecule has 0 aromatic rings. The molecule has 2 fully saturated rings. The van der Waals surface area contributed by atoms with E-state index >= 15 is 0 Å². The molecule has 2 rings (SSSR count). The molecule has 19 heavy (non-hydrogen) atoms. The minimum atomic E-state index is 1.08. The first kappa shape index (κ1) is 15.4. The molecule has 0 unspecified atom stereocenters. The van der Waals surface area contributed by atoms with E-state index in [2.05, 4.69) is 0 Å². The third-order valence-corrected chi connectivity index (χ3v) is 5.67. The molecule has 0 radical (unpaired) electrons. The molecule has 0 heteroatoms. The Balaban J connectivity index is 1.90. The van der Waals surface area contributed by atoms with Crippen molar-refractivity contribution in [3.05, 3.63) is 0 Å². The molecule has 0 aromatic carbocycles. The smallest absolute Gasteiger partial charge is 0.0414 e. The Morgan fingerprint density at radius 3 is 0.737 bits per heavy atom. The van der Waals surface area contributed by atoms with E-state index in [-0.39, 0.29) is 0 Å². The van der Waals surface area contributed by atoms with Gasteiger partial charge in [0.15, 0.2) is 0 Å². The van der Waals surface area contributed by atoms with Gasteiger partial charge in [0.2, 0.25) is 0 Å². The highest BCUT2D eigenvalue weighted by Crippen LogP contribution is 2.29. The van der Waals surface area contributed by atoms with Crippen LogP contribution in [0.3, 0.4) is 0 Å². The van der Waals surface area contributed by atoms with Crippen LogP contribution in [0, 0.1) is 11.8 Å². The van der Waals surface area contributed by atoms with Crippen molar-refractivity contribution in [2.45, 2.75) is 109 Å². The molecule has 0 heterocycles. The second-order valence-electron chi connectivity index (χ2n) is 7.35. The Morgan fingerprint density at radius 2 is 0.474 bits per heavy atom. The Hall–Kier alpha value is 0. The van der Waals surface area contributed by atoms with Crippen LogP contribution in [0.2, 0.25) is 0 Å². The average Bonchev–Trinajstić information content (AvgIpc) is 2.46. The zero-order valence-corrected chi connectivity index (χ0v) is 13.2. The van der Waals surface area contributed by atoms with Crippen LogP contribution in [0.25, 0.3) is 0 Å². The fourth-order valence-electron chi connectivity index (χ4n) is 4.35. The maximum atomic E-state index is 1.55. The molecule has 0 amide bonds. The van der Waals surface area contributed by atoms with Gasteiger partial charge in [-0.25, -0.2) is 0 Å². The summed E-state index contributed by atoms with van der Waals surface area (Å²) in [4.78, 5) is 0. The van der Waals surface area contributed by atoms with Gasteiger partial charge in [0.05, 0.1) is 0 Å². The average molecular weight is 264 g/mol. The molecule has 0 nitrogen and oxygen atoms in total. The first-order chi connectivity index (χ1) is 9.45. The van der Waals surface area contributed by atoms with Crippen molar-refractivity contribution in [1.29, 1.82) is 0 Å². The fourth-order valence-corrected chi connectivity index (χ4v) is 4.35. The summed E-state index contributed by atoms with van der Waals surface area (Å²) in [5, 5.41) is 0. The van der Waals surface area contributed by atoms with Crippen molar-refractivity contribution in [3.8, 4) is 0 Å². The van der Waals surface area contributed by atoms with Crippen LogP contribution in [-0.2, 0) is 0 Å². The zero-order chi connectivity index (χ0) is 13.2. The molecule has 0 aliphatic heterocycles. The first-order valence-corrected chi connectivity index (χ1v) is 9.45. The molecule has 0 N–H and O–H groups in total. The summed E-state index contributed by atoms with van der Waals surface area (Å²) in [6.45, 7) is 0. The summed E-state index contributed by atoms with van der Waals surface area (Å²) in [5.74, 6) is 2.16. The Kier molecular flexibility index (Phi) is 7.97. The summed E-state index contributed by atoms with van der Waals surface area (Å²) in [5.41, 5.74) is 0. The van der Waals surface area contributed by atoms with E-state index in [1.54, 1.807) is 38.5 Å². The normalized spacial score (nSPS) is 32.8. The molecule has 0 spiro atoms. The summed E-state index contributed by atoms with van der Waals surface area (Å²) < 4.78 is 0. The van der Waals surface area contributed by atoms with Crippen LogP contribution in [0.1, 0.15) is 109 Å². The van der Waals surface area contributed by atoms with Crippen molar-refractivity contribution in [1.82, 2.24) is 0 Å². The molecular weight excluding hydrogens is 228 g/mol. The molecule has 112 valence electrons. The molecule has 2 aliphatic rings. The van der Waals surface area contributed by atoms with E-state index in [0.29, 0.717) is 0 Å². The highest BCUT2D eigenvalue weighted by atomic mass is 14.2. The van der Waals surface area contributed by atoms with Gasteiger partial charge in [0.1, 0.15) is 0 Å². The predicted molar refractivity (Wildman–Crippen MR) is 85.5 cm³/mol. The SMILES string of the molecule is C1CCCC2CCCCCCC(CC1)CCCCC2. The quantitative estimate of drug-likeness (QED) is 0.447. The summed E-state index contributed by atoms with van der Waals surface area (Å²) in [7, 11) is 0. The van der Waals surface area contributed by atoms with E-state index in [4.69, 9.17) is 0 Å². The van der Waals surface area contributed by atoms with E-state index in [1.807, 2.05) is 0 Å². The number of fused-ring (bicyclic) bond motifs is 6. The van der Waals surface area contributed by atoms with Crippen LogP contribution in [0.5, 0.6) is 0 Å². The van der Waals surface area contributed by atoms with Crippen LogP contribution in [-0.4, -0.2) is 0 Å². The Morgan fingerprint density at radius 1 is 0.263 bits per heavy atom. The highest BCUT2D eigenvalue weighted by Gasteiger charge is 2.13. The summed E-state index contributed by atoms with van der Waals surface area (Å²) >= 11 is 0. The van der Waals surface area contributed by atoms with Gasteiger partial charge in [0.25, 0.3) is 0 Å². The Bertz CT molecular complexity index is 170. The van der Waals surface area contributed by atoms with Gasteiger partial charge in [0, 0.05) is 0 Å². The van der Waals surface area contributed by atoms with Crippen LogP contribution < -0.4 is 0 Å². The molecule has 0 saturated heterocycles. The van der Waals surface area contributed by atoms with E-state index in [9.17, 15) is 0 Å². The number of rotatable bonds is 0. The van der Waals surface area contributed by atoms with Gasteiger partial charge in [-0.2, -0.15) is 0 Å². The molecule has 2 aliphatic carbocycles. The van der Waals surface area contributed by atoms with Crippen molar-refractivity contribution < 1.29 is 0 Å². The molecule has 0 atom stereocenters. The number of hydrogen-bond acceptors (Lipinski definition) is 0. The molecule has 2 saturated carbocycles. The minimum Gasteiger partial charge on any atom is -0.0533 e. The van der Waals surface area contributed by atoms with Crippen LogP contribution in [0.15, 0.2) is 0 Å². The molecule has 0 aromatic heterocycles. The second kappa shape index (κ2) is 9.83. The first-order valence-electron chi connectivity index (χ1n) is 9.45. The van der Waals surface area contributed by atoms with E-state index in [0.717, 1.165) is 11.8 Å². The lowest BCUT2D eigenvalue weighted by molar-refractivity contribution is 0.361. The van der Waals surface area contributed by atoms with Gasteiger partial charge in [-0.05, 0) is 11.8 Å². The molecular formula is C19H36. The van der Waals surface area contributed by atoms with Crippen LogP contribution in [0.4, 0.5) is 0 Å². The van der Waals surface area contributed by atoms with Gasteiger partial charge in [-0.1, -0.05) is 109 Å². The topological polar surface area (TPSA) is 0 Å².